The molecule has 108 valence electrons. The highest BCUT2D eigenvalue weighted by molar-refractivity contribution is 7.91. The summed E-state index contributed by atoms with van der Waals surface area (Å²) in [6.07, 6.45) is 3.10. The van der Waals surface area contributed by atoms with Crippen molar-refractivity contribution in [3.63, 3.8) is 0 Å². The van der Waals surface area contributed by atoms with Gasteiger partial charge in [-0.25, -0.2) is 13.1 Å². The Morgan fingerprint density at radius 2 is 2.21 bits per heavy atom. The molecule has 2 unspecified atom stereocenters. The van der Waals surface area contributed by atoms with Gasteiger partial charge in [-0.05, 0) is 42.3 Å². The molecule has 1 aromatic heterocycles. The summed E-state index contributed by atoms with van der Waals surface area (Å²) in [5, 5.41) is 5.19. The van der Waals surface area contributed by atoms with E-state index in [9.17, 15) is 8.42 Å². The van der Waals surface area contributed by atoms with E-state index >= 15 is 0 Å². The Morgan fingerprint density at radius 1 is 1.42 bits per heavy atom. The Balaban J connectivity index is 1.93. The summed E-state index contributed by atoms with van der Waals surface area (Å²) in [7, 11) is -3.31. The smallest absolute Gasteiger partial charge is 0.250 e. The van der Waals surface area contributed by atoms with Gasteiger partial charge in [-0.2, -0.15) is 0 Å². The Kier molecular flexibility index (Phi) is 5.00. The van der Waals surface area contributed by atoms with Gasteiger partial charge in [0.1, 0.15) is 4.21 Å². The summed E-state index contributed by atoms with van der Waals surface area (Å²) in [5.41, 5.74) is 1.04. The van der Waals surface area contributed by atoms with E-state index in [-0.39, 0.29) is 6.04 Å². The number of hydrogen-bond acceptors (Lipinski definition) is 4. The van der Waals surface area contributed by atoms with Crippen LogP contribution in [0.5, 0.6) is 0 Å². The quantitative estimate of drug-likeness (QED) is 0.725. The van der Waals surface area contributed by atoms with E-state index in [1.807, 2.05) is 5.38 Å². The zero-order valence-corrected chi connectivity index (χ0v) is 13.1. The van der Waals surface area contributed by atoms with Gasteiger partial charge >= 0.3 is 0 Å². The summed E-state index contributed by atoms with van der Waals surface area (Å²) in [4.78, 5) is 0. The summed E-state index contributed by atoms with van der Waals surface area (Å²) in [6, 6.07) is 1.93. The fourth-order valence-corrected chi connectivity index (χ4v) is 4.64. The number of thiophene rings is 1. The van der Waals surface area contributed by atoms with E-state index in [2.05, 4.69) is 23.9 Å². The molecular weight excluding hydrogens is 280 g/mol. The molecule has 0 amide bonds. The van der Waals surface area contributed by atoms with Gasteiger partial charge in [-0.1, -0.05) is 20.3 Å². The highest BCUT2D eigenvalue weighted by Gasteiger charge is 2.38. The lowest BCUT2D eigenvalue weighted by molar-refractivity contribution is 0.578. The molecule has 4 nitrogen and oxygen atoms in total. The minimum absolute atomic E-state index is 0.152. The molecule has 0 bridgehead atoms. The van der Waals surface area contributed by atoms with Crippen LogP contribution in [-0.4, -0.2) is 21.0 Å². The molecule has 1 heterocycles. The fourth-order valence-electron chi connectivity index (χ4n) is 2.10. The van der Waals surface area contributed by atoms with Crippen molar-refractivity contribution in [1.82, 2.24) is 10.0 Å². The minimum atomic E-state index is -3.31. The number of sulfonamides is 1. The Labute approximate surface area is 119 Å². The van der Waals surface area contributed by atoms with E-state index in [4.69, 9.17) is 0 Å². The van der Waals surface area contributed by atoms with E-state index in [0.717, 1.165) is 37.9 Å². The average molecular weight is 302 g/mol. The Morgan fingerprint density at radius 3 is 2.84 bits per heavy atom. The van der Waals surface area contributed by atoms with Crippen LogP contribution in [0.1, 0.15) is 38.7 Å². The molecular formula is C13H22N2O2S2. The van der Waals surface area contributed by atoms with Crippen LogP contribution >= 0.6 is 11.3 Å². The van der Waals surface area contributed by atoms with Crippen LogP contribution in [-0.2, 0) is 16.6 Å². The van der Waals surface area contributed by atoms with Crippen LogP contribution in [0.4, 0.5) is 0 Å². The van der Waals surface area contributed by atoms with Crippen molar-refractivity contribution in [2.24, 2.45) is 5.92 Å². The maximum absolute atomic E-state index is 12.2. The molecule has 0 saturated heterocycles. The van der Waals surface area contributed by atoms with Crippen molar-refractivity contribution in [2.45, 2.75) is 49.9 Å². The topological polar surface area (TPSA) is 58.2 Å². The monoisotopic (exact) mass is 302 g/mol. The zero-order chi connectivity index (χ0) is 13.9. The third-order valence-electron chi connectivity index (χ3n) is 3.40. The first-order valence-corrected chi connectivity index (χ1v) is 9.23. The van der Waals surface area contributed by atoms with E-state index < -0.39 is 10.0 Å². The van der Waals surface area contributed by atoms with Crippen LogP contribution in [0, 0.1) is 5.92 Å². The summed E-state index contributed by atoms with van der Waals surface area (Å²) < 4.78 is 27.6. The molecule has 2 rings (SSSR count). The van der Waals surface area contributed by atoms with Gasteiger partial charge in [0.25, 0.3) is 0 Å². The number of rotatable bonds is 8. The van der Waals surface area contributed by atoms with Gasteiger partial charge in [0, 0.05) is 12.6 Å². The minimum Gasteiger partial charge on any atom is -0.313 e. The van der Waals surface area contributed by atoms with Crippen molar-refractivity contribution in [1.29, 1.82) is 0 Å². The molecule has 1 aliphatic carbocycles. The van der Waals surface area contributed by atoms with Crippen LogP contribution in [0.15, 0.2) is 15.7 Å². The van der Waals surface area contributed by atoms with Crippen LogP contribution in [0.3, 0.4) is 0 Å². The summed E-state index contributed by atoms with van der Waals surface area (Å²) >= 11 is 1.30. The SMILES string of the molecule is CCCNCc1csc(S(=O)(=O)NC2CC2CC)c1. The number of nitrogens with one attached hydrogen (secondary N) is 2. The lowest BCUT2D eigenvalue weighted by atomic mass is 10.3. The lowest BCUT2D eigenvalue weighted by Crippen LogP contribution is -2.26. The molecule has 0 spiro atoms. The second-order valence-electron chi connectivity index (χ2n) is 5.08. The molecule has 1 saturated carbocycles. The lowest BCUT2D eigenvalue weighted by Gasteiger charge is -2.03. The summed E-state index contributed by atoms with van der Waals surface area (Å²) in [5.74, 6) is 0.528. The van der Waals surface area contributed by atoms with Gasteiger partial charge in [-0.15, -0.1) is 11.3 Å². The Hall–Kier alpha value is -0.430. The van der Waals surface area contributed by atoms with Gasteiger partial charge in [0.15, 0.2) is 0 Å². The van der Waals surface area contributed by atoms with Crippen LogP contribution < -0.4 is 10.0 Å². The van der Waals surface area contributed by atoms with Crippen molar-refractivity contribution in [3.8, 4) is 0 Å². The second-order valence-corrected chi connectivity index (χ2v) is 7.93. The van der Waals surface area contributed by atoms with E-state index in [0.29, 0.717) is 10.1 Å². The average Bonchev–Trinajstić information content (AvgIpc) is 2.92. The molecule has 0 aliphatic heterocycles. The van der Waals surface area contributed by atoms with Crippen molar-refractivity contribution < 1.29 is 8.42 Å². The molecule has 0 radical (unpaired) electrons. The first-order valence-electron chi connectivity index (χ1n) is 6.87. The van der Waals surface area contributed by atoms with E-state index in [1.165, 1.54) is 11.3 Å². The first-order chi connectivity index (χ1) is 9.06. The number of hydrogen-bond donors (Lipinski definition) is 2. The highest BCUT2D eigenvalue weighted by atomic mass is 32.2. The maximum Gasteiger partial charge on any atom is 0.250 e. The predicted molar refractivity (Wildman–Crippen MR) is 78.8 cm³/mol. The zero-order valence-electron chi connectivity index (χ0n) is 11.5. The molecule has 1 aromatic rings. The Bertz CT molecular complexity index is 510. The molecule has 1 fully saturated rings. The molecule has 2 N–H and O–H groups in total. The van der Waals surface area contributed by atoms with Crippen LogP contribution in [0.2, 0.25) is 0 Å². The standard InChI is InChI=1S/C13H22N2O2S2/c1-3-5-14-8-10-6-13(18-9-10)19(16,17)15-12-7-11(12)4-2/h6,9,11-12,14-15H,3-5,7-8H2,1-2H3. The van der Waals surface area contributed by atoms with Crippen LogP contribution in [0.25, 0.3) is 0 Å². The predicted octanol–water partition coefficient (Wildman–Crippen LogP) is 2.32. The van der Waals surface area contributed by atoms with Crippen molar-refractivity contribution in [3.05, 3.63) is 17.0 Å². The summed E-state index contributed by atoms with van der Waals surface area (Å²) in [6.45, 7) is 5.90. The molecule has 2 atom stereocenters. The first kappa shape index (κ1) is 15.0. The van der Waals surface area contributed by atoms with Crippen molar-refractivity contribution >= 4 is 21.4 Å². The van der Waals surface area contributed by atoms with Crippen molar-refractivity contribution in [2.75, 3.05) is 6.54 Å². The second kappa shape index (κ2) is 6.35. The molecule has 0 aromatic carbocycles. The van der Waals surface area contributed by atoms with Gasteiger partial charge in [0.05, 0.1) is 0 Å². The van der Waals surface area contributed by atoms with E-state index in [1.54, 1.807) is 6.07 Å². The van der Waals surface area contributed by atoms with Gasteiger partial charge < -0.3 is 5.32 Å². The third-order valence-corrected chi connectivity index (χ3v) is 6.38. The maximum atomic E-state index is 12.2. The highest BCUT2D eigenvalue weighted by Crippen LogP contribution is 2.35. The van der Waals surface area contributed by atoms with Gasteiger partial charge in [-0.3, -0.25) is 0 Å². The third kappa shape index (κ3) is 4.02. The van der Waals surface area contributed by atoms with Gasteiger partial charge in [0.2, 0.25) is 10.0 Å². The largest absolute Gasteiger partial charge is 0.313 e. The normalized spacial score (nSPS) is 22.6. The molecule has 19 heavy (non-hydrogen) atoms. The molecule has 6 heteroatoms. The fraction of sp³-hybridized carbons (Fsp3) is 0.692. The molecule has 1 aliphatic rings.